The number of thiazole rings is 1. The number of nitrogens with zero attached hydrogens (tertiary/aromatic N) is 3. The van der Waals surface area contributed by atoms with E-state index in [1.165, 1.54) is 18.5 Å². The van der Waals surface area contributed by atoms with E-state index in [1.54, 1.807) is 12.1 Å². The molecule has 186 valence electrons. The van der Waals surface area contributed by atoms with Crippen LogP contribution in [0.15, 0.2) is 40.1 Å². The molecule has 1 amide bonds. The predicted octanol–water partition coefficient (Wildman–Crippen LogP) is 4.56. The second-order valence-electron chi connectivity index (χ2n) is 7.93. The van der Waals surface area contributed by atoms with Crippen molar-refractivity contribution in [3.05, 3.63) is 69.3 Å². The van der Waals surface area contributed by atoms with Gasteiger partial charge in [-0.2, -0.15) is 0 Å². The largest absolute Gasteiger partial charge is 0.464 e. The minimum atomic E-state index is -5.18. The molecule has 1 aromatic heterocycles. The van der Waals surface area contributed by atoms with Crippen LogP contribution in [0.2, 0.25) is 0 Å². The number of carboxylic acid groups (broad SMARTS) is 1. The fourth-order valence-electron chi connectivity index (χ4n) is 3.75. The summed E-state index contributed by atoms with van der Waals surface area (Å²) in [6.45, 7) is 3.47. The number of amides is 1. The molecule has 0 unspecified atom stereocenters. The van der Waals surface area contributed by atoms with Gasteiger partial charge in [-0.15, -0.1) is 15.6 Å². The topological polar surface area (TPSA) is 103 Å². The van der Waals surface area contributed by atoms with E-state index in [0.29, 0.717) is 12.1 Å². The molecule has 2 N–H and O–H groups in total. The SMILES string of the molecule is Cc1c(NCc2c(F)cccc2CN2CCC2)cc(F)c(S(=O)(=O)N(C(=O)O)c2cscn2)c1F. The molecule has 1 aliphatic heterocycles. The van der Waals surface area contributed by atoms with Crippen molar-refractivity contribution in [2.45, 2.75) is 31.3 Å². The van der Waals surface area contributed by atoms with Crippen LogP contribution in [0.5, 0.6) is 0 Å². The molecule has 2 aromatic carbocycles. The van der Waals surface area contributed by atoms with Crippen LogP contribution in [0, 0.1) is 24.4 Å². The van der Waals surface area contributed by atoms with Crippen LogP contribution >= 0.6 is 11.3 Å². The van der Waals surface area contributed by atoms with Gasteiger partial charge in [0.1, 0.15) is 11.6 Å². The van der Waals surface area contributed by atoms with E-state index in [0.717, 1.165) is 47.9 Å². The van der Waals surface area contributed by atoms with E-state index in [1.807, 2.05) is 0 Å². The number of benzene rings is 2. The molecule has 35 heavy (non-hydrogen) atoms. The zero-order valence-electron chi connectivity index (χ0n) is 18.5. The minimum Gasteiger partial charge on any atom is -0.464 e. The molecule has 0 saturated carbocycles. The van der Waals surface area contributed by atoms with Crippen LogP contribution in [0.3, 0.4) is 0 Å². The van der Waals surface area contributed by atoms with Gasteiger partial charge in [-0.05, 0) is 44.1 Å². The molecule has 2 heterocycles. The van der Waals surface area contributed by atoms with Gasteiger partial charge in [-0.1, -0.05) is 12.1 Å². The molecule has 3 aromatic rings. The molecule has 0 radical (unpaired) electrons. The number of aromatic nitrogens is 1. The van der Waals surface area contributed by atoms with Gasteiger partial charge >= 0.3 is 6.09 Å². The number of sulfonamides is 1. The van der Waals surface area contributed by atoms with E-state index in [9.17, 15) is 27.1 Å². The van der Waals surface area contributed by atoms with Crippen LogP contribution in [-0.4, -0.2) is 42.6 Å². The Morgan fingerprint density at radius 1 is 1.26 bits per heavy atom. The Balaban J connectivity index is 1.65. The molecule has 1 saturated heterocycles. The lowest BCUT2D eigenvalue weighted by atomic mass is 10.0. The lowest BCUT2D eigenvalue weighted by Crippen LogP contribution is -2.37. The molecule has 1 aliphatic rings. The van der Waals surface area contributed by atoms with Gasteiger partial charge in [0.05, 0.1) is 5.51 Å². The summed E-state index contributed by atoms with van der Waals surface area (Å²) in [6.07, 6.45) is -0.902. The first-order valence-corrected chi connectivity index (χ1v) is 12.9. The van der Waals surface area contributed by atoms with E-state index in [-0.39, 0.29) is 22.1 Å². The van der Waals surface area contributed by atoms with Crippen molar-refractivity contribution in [2.75, 3.05) is 22.7 Å². The van der Waals surface area contributed by atoms with Crippen molar-refractivity contribution in [1.82, 2.24) is 9.88 Å². The maximum atomic E-state index is 15.2. The van der Waals surface area contributed by atoms with Gasteiger partial charge in [0.15, 0.2) is 16.5 Å². The minimum absolute atomic E-state index is 0.0902. The maximum absolute atomic E-state index is 15.2. The number of halogens is 3. The number of nitrogens with one attached hydrogen (secondary N) is 1. The third-order valence-corrected chi connectivity index (χ3v) is 8.02. The van der Waals surface area contributed by atoms with Crippen molar-refractivity contribution in [2.24, 2.45) is 0 Å². The number of likely N-dealkylation sites (tertiary alicyclic amines) is 1. The van der Waals surface area contributed by atoms with E-state index in [4.69, 9.17) is 0 Å². The number of rotatable bonds is 8. The van der Waals surface area contributed by atoms with Crippen molar-refractivity contribution in [3.8, 4) is 0 Å². The number of anilines is 2. The molecule has 13 heteroatoms. The van der Waals surface area contributed by atoms with Crippen molar-refractivity contribution < 1.29 is 31.5 Å². The monoisotopic (exact) mass is 526 g/mol. The van der Waals surface area contributed by atoms with Gasteiger partial charge in [0.25, 0.3) is 10.0 Å². The Morgan fingerprint density at radius 3 is 2.60 bits per heavy atom. The van der Waals surface area contributed by atoms with Gasteiger partial charge in [0, 0.05) is 35.3 Å². The van der Waals surface area contributed by atoms with Crippen LogP contribution < -0.4 is 9.62 Å². The van der Waals surface area contributed by atoms with Crippen LogP contribution in [0.1, 0.15) is 23.1 Å². The first kappa shape index (κ1) is 24.9. The van der Waals surface area contributed by atoms with Crippen molar-refractivity contribution in [1.29, 1.82) is 0 Å². The maximum Gasteiger partial charge on any atom is 0.427 e. The van der Waals surface area contributed by atoms with E-state index >= 15 is 4.39 Å². The Bertz CT molecular complexity index is 1360. The van der Waals surface area contributed by atoms with Crippen LogP contribution in [0.4, 0.5) is 29.5 Å². The van der Waals surface area contributed by atoms with Crippen molar-refractivity contribution in [3.63, 3.8) is 0 Å². The standard InChI is InChI=1S/C22H21F3N4O4S2/c1-13-18(26-9-15-14(4-2-5-16(15)23)10-28-6-3-7-28)8-17(24)21(20(13)25)35(32,33)29(22(30)31)19-11-34-12-27-19/h2,4-5,8,11-12,26H,3,6-7,9-10H2,1H3,(H,30,31). The summed E-state index contributed by atoms with van der Waals surface area (Å²) in [5.74, 6) is -3.93. The van der Waals surface area contributed by atoms with Gasteiger partial charge in [-0.25, -0.2) is 31.4 Å². The molecule has 0 aliphatic carbocycles. The first-order chi connectivity index (χ1) is 16.6. The predicted molar refractivity (Wildman–Crippen MR) is 125 cm³/mol. The summed E-state index contributed by atoms with van der Waals surface area (Å²) < 4.78 is 70.4. The molecule has 0 atom stereocenters. The quantitative estimate of drug-likeness (QED) is 0.444. The highest BCUT2D eigenvalue weighted by Crippen LogP contribution is 2.33. The highest BCUT2D eigenvalue weighted by Gasteiger charge is 2.38. The summed E-state index contributed by atoms with van der Waals surface area (Å²) in [5.41, 5.74) is 1.89. The highest BCUT2D eigenvalue weighted by molar-refractivity contribution is 7.93. The van der Waals surface area contributed by atoms with Gasteiger partial charge in [0.2, 0.25) is 0 Å². The molecule has 0 bridgehead atoms. The first-order valence-electron chi connectivity index (χ1n) is 10.5. The Hall–Kier alpha value is -3.16. The summed E-state index contributed by atoms with van der Waals surface area (Å²) in [6, 6.07) is 5.41. The van der Waals surface area contributed by atoms with Gasteiger partial charge in [-0.3, -0.25) is 4.90 Å². The number of hydrogen-bond donors (Lipinski definition) is 2. The molecular formula is C22H21F3N4O4S2. The van der Waals surface area contributed by atoms with Crippen LogP contribution in [0.25, 0.3) is 0 Å². The zero-order valence-corrected chi connectivity index (χ0v) is 20.1. The third-order valence-electron chi connectivity index (χ3n) is 5.73. The normalized spacial score (nSPS) is 13.9. The molecule has 0 spiro atoms. The Morgan fingerprint density at radius 2 is 2.00 bits per heavy atom. The van der Waals surface area contributed by atoms with E-state index in [2.05, 4.69) is 15.2 Å². The van der Waals surface area contributed by atoms with Crippen LogP contribution in [-0.2, 0) is 23.1 Å². The average molecular weight is 527 g/mol. The molecule has 1 fully saturated rings. The fourth-order valence-corrected chi connectivity index (χ4v) is 5.75. The highest BCUT2D eigenvalue weighted by atomic mass is 32.2. The second kappa shape index (κ2) is 9.84. The summed E-state index contributed by atoms with van der Waals surface area (Å²) in [5, 5.41) is 13.3. The average Bonchev–Trinajstić information content (AvgIpc) is 3.26. The fraction of sp³-hybridized carbons (Fsp3) is 0.273. The van der Waals surface area contributed by atoms with Crippen molar-refractivity contribution >= 4 is 39.0 Å². The number of carbonyl (C=O) groups is 1. The van der Waals surface area contributed by atoms with E-state index < -0.39 is 44.3 Å². The lowest BCUT2D eigenvalue weighted by molar-refractivity contribution is 0.172. The number of hydrogen-bond acceptors (Lipinski definition) is 7. The molecular weight excluding hydrogens is 505 g/mol. The lowest BCUT2D eigenvalue weighted by Gasteiger charge is -2.31. The Kier molecular flexibility index (Phi) is 7.01. The summed E-state index contributed by atoms with van der Waals surface area (Å²) >= 11 is 0.914. The smallest absolute Gasteiger partial charge is 0.427 e. The zero-order chi connectivity index (χ0) is 25.3. The molecule has 4 rings (SSSR count). The second-order valence-corrected chi connectivity index (χ2v) is 10.4. The third kappa shape index (κ3) is 4.83. The summed E-state index contributed by atoms with van der Waals surface area (Å²) in [7, 11) is -5.18. The Labute approximate surface area is 203 Å². The summed E-state index contributed by atoms with van der Waals surface area (Å²) in [4.78, 5) is 16.0. The van der Waals surface area contributed by atoms with Gasteiger partial charge < -0.3 is 10.4 Å². The molecule has 8 nitrogen and oxygen atoms in total.